The molecule has 8 atom stereocenters. The van der Waals surface area contributed by atoms with Gasteiger partial charge in [-0.05, 0) is 93.8 Å². The minimum Gasteiger partial charge on any atom is -0.393 e. The van der Waals surface area contributed by atoms with Gasteiger partial charge in [0.05, 0.1) is 6.10 Å². The van der Waals surface area contributed by atoms with Gasteiger partial charge in [0.1, 0.15) is 5.60 Å². The highest BCUT2D eigenvalue weighted by molar-refractivity contribution is 5.86. The van der Waals surface area contributed by atoms with Gasteiger partial charge in [0.15, 0.2) is 5.78 Å². The van der Waals surface area contributed by atoms with Crippen molar-refractivity contribution in [2.24, 2.45) is 34.5 Å². The number of aliphatic hydroxyl groups excluding tert-OH is 1. The van der Waals surface area contributed by atoms with Crippen molar-refractivity contribution >= 4 is 5.78 Å². The van der Waals surface area contributed by atoms with Crippen LogP contribution in [0.2, 0.25) is 0 Å². The van der Waals surface area contributed by atoms with Gasteiger partial charge in [0.2, 0.25) is 0 Å². The van der Waals surface area contributed by atoms with Crippen LogP contribution < -0.4 is 0 Å². The summed E-state index contributed by atoms with van der Waals surface area (Å²) in [7, 11) is 0. The van der Waals surface area contributed by atoms with Crippen LogP contribution in [0.4, 0.5) is 0 Å². The van der Waals surface area contributed by atoms with Crippen molar-refractivity contribution in [1.29, 1.82) is 0 Å². The molecular formula is C21H34O3. The normalized spacial score (nSPS) is 57.0. The fourth-order valence-electron chi connectivity index (χ4n) is 7.83. The monoisotopic (exact) mass is 334 g/mol. The Morgan fingerprint density at radius 3 is 2.38 bits per heavy atom. The Morgan fingerprint density at radius 2 is 1.67 bits per heavy atom. The van der Waals surface area contributed by atoms with Gasteiger partial charge in [-0.25, -0.2) is 0 Å². The van der Waals surface area contributed by atoms with E-state index in [0.29, 0.717) is 29.6 Å². The van der Waals surface area contributed by atoms with Crippen molar-refractivity contribution in [3.05, 3.63) is 0 Å². The summed E-state index contributed by atoms with van der Waals surface area (Å²) in [5.74, 6) is 2.52. The summed E-state index contributed by atoms with van der Waals surface area (Å²) in [6.07, 6.45) is 9.25. The van der Waals surface area contributed by atoms with Crippen LogP contribution >= 0.6 is 0 Å². The van der Waals surface area contributed by atoms with E-state index in [-0.39, 0.29) is 17.3 Å². The zero-order chi connectivity index (χ0) is 17.3. The van der Waals surface area contributed by atoms with E-state index in [1.54, 1.807) is 6.92 Å². The average Bonchev–Trinajstić information content (AvgIpc) is 2.81. The molecule has 0 saturated heterocycles. The summed E-state index contributed by atoms with van der Waals surface area (Å²) >= 11 is 0. The van der Waals surface area contributed by atoms with Crippen LogP contribution in [-0.2, 0) is 4.79 Å². The molecule has 0 aromatic carbocycles. The number of rotatable bonds is 1. The number of Topliss-reactive ketones (excluding diaryl/α,β-unsaturated/α-hetero) is 1. The van der Waals surface area contributed by atoms with Crippen molar-refractivity contribution in [1.82, 2.24) is 0 Å². The van der Waals surface area contributed by atoms with E-state index in [0.717, 1.165) is 44.4 Å². The number of fused-ring (bicyclic) bond motifs is 5. The maximum Gasteiger partial charge on any atom is 0.161 e. The standard InChI is InChI=1S/C21H34O3/c1-13(22)21(24)11-8-18-16-5-4-14-12-15(23)6-9-19(14,2)17(16)7-10-20(18,21)3/h14-18,23-24H,4-12H2,1-3H3/t14-,15-,16?,17?,18?,19-,20-,21-/m0/s1. The Morgan fingerprint density at radius 1 is 0.958 bits per heavy atom. The molecule has 3 nitrogen and oxygen atoms in total. The molecule has 136 valence electrons. The SMILES string of the molecule is CC(=O)[C@@]1(O)CCC2C3CC[C@H]4C[C@@H](O)CC[C@]4(C)C3CC[C@@]21C. The number of ketones is 1. The molecule has 3 heteroatoms. The number of aliphatic hydroxyl groups is 2. The molecule has 4 aliphatic rings. The van der Waals surface area contributed by atoms with Gasteiger partial charge in [-0.1, -0.05) is 13.8 Å². The maximum absolute atomic E-state index is 12.2. The summed E-state index contributed by atoms with van der Waals surface area (Å²) in [6, 6.07) is 0. The minimum atomic E-state index is -1.09. The third-order valence-corrected chi connectivity index (χ3v) is 9.37. The Hall–Kier alpha value is -0.410. The van der Waals surface area contributed by atoms with Gasteiger partial charge < -0.3 is 10.2 Å². The molecule has 0 aromatic heterocycles. The van der Waals surface area contributed by atoms with Crippen LogP contribution in [0.5, 0.6) is 0 Å². The molecule has 0 heterocycles. The molecule has 4 aliphatic carbocycles. The second-order valence-electron chi connectivity index (χ2n) is 10.00. The molecule has 24 heavy (non-hydrogen) atoms. The van der Waals surface area contributed by atoms with Crippen LogP contribution in [0.15, 0.2) is 0 Å². The Balaban J connectivity index is 1.65. The second kappa shape index (κ2) is 5.30. The Bertz CT molecular complexity index is 545. The average molecular weight is 335 g/mol. The molecule has 2 N–H and O–H groups in total. The molecule has 0 aliphatic heterocycles. The van der Waals surface area contributed by atoms with E-state index in [1.165, 1.54) is 12.8 Å². The van der Waals surface area contributed by atoms with Crippen LogP contribution in [-0.4, -0.2) is 27.7 Å². The van der Waals surface area contributed by atoms with E-state index in [1.807, 2.05) is 0 Å². The van der Waals surface area contributed by atoms with Gasteiger partial charge in [-0.3, -0.25) is 4.79 Å². The minimum absolute atomic E-state index is 0.0216. The predicted octanol–water partition coefficient (Wildman–Crippen LogP) is 3.71. The quantitative estimate of drug-likeness (QED) is 0.768. The molecule has 0 radical (unpaired) electrons. The molecule has 4 rings (SSSR count). The topological polar surface area (TPSA) is 57.5 Å². The Kier molecular flexibility index (Phi) is 3.76. The fraction of sp³-hybridized carbons (Fsp3) is 0.952. The van der Waals surface area contributed by atoms with Crippen molar-refractivity contribution in [2.75, 3.05) is 0 Å². The summed E-state index contributed by atoms with van der Waals surface area (Å²) in [5.41, 5.74) is -0.957. The van der Waals surface area contributed by atoms with Crippen molar-refractivity contribution in [2.45, 2.75) is 90.3 Å². The zero-order valence-electron chi connectivity index (χ0n) is 15.6. The summed E-state index contributed by atoms with van der Waals surface area (Å²) in [5, 5.41) is 21.3. The largest absolute Gasteiger partial charge is 0.393 e. The first-order valence-corrected chi connectivity index (χ1v) is 10.1. The predicted molar refractivity (Wildman–Crippen MR) is 93.4 cm³/mol. The van der Waals surface area contributed by atoms with E-state index in [2.05, 4.69) is 13.8 Å². The summed E-state index contributed by atoms with van der Waals surface area (Å²) in [4.78, 5) is 12.2. The molecule has 0 bridgehead atoms. The molecule has 0 spiro atoms. The third-order valence-electron chi connectivity index (χ3n) is 9.37. The highest BCUT2D eigenvalue weighted by atomic mass is 16.3. The van der Waals surface area contributed by atoms with E-state index in [9.17, 15) is 15.0 Å². The first-order valence-electron chi connectivity index (χ1n) is 10.1. The van der Waals surface area contributed by atoms with Gasteiger partial charge in [-0.15, -0.1) is 0 Å². The lowest BCUT2D eigenvalue weighted by molar-refractivity contribution is -0.170. The molecule has 4 fully saturated rings. The van der Waals surface area contributed by atoms with E-state index < -0.39 is 5.60 Å². The summed E-state index contributed by atoms with van der Waals surface area (Å²) < 4.78 is 0. The van der Waals surface area contributed by atoms with Crippen LogP contribution in [0.25, 0.3) is 0 Å². The third kappa shape index (κ3) is 2.00. The maximum atomic E-state index is 12.2. The zero-order valence-corrected chi connectivity index (χ0v) is 15.6. The van der Waals surface area contributed by atoms with E-state index in [4.69, 9.17) is 0 Å². The van der Waals surface area contributed by atoms with Crippen LogP contribution in [0, 0.1) is 34.5 Å². The first-order chi connectivity index (χ1) is 11.2. The van der Waals surface area contributed by atoms with Crippen LogP contribution in [0.3, 0.4) is 0 Å². The van der Waals surface area contributed by atoms with Gasteiger partial charge in [0.25, 0.3) is 0 Å². The lowest BCUT2D eigenvalue weighted by Crippen LogP contribution is -2.58. The lowest BCUT2D eigenvalue weighted by Gasteiger charge is -2.61. The van der Waals surface area contributed by atoms with Gasteiger partial charge in [-0.2, -0.15) is 0 Å². The molecule has 0 aromatic rings. The van der Waals surface area contributed by atoms with Crippen molar-refractivity contribution in [3.63, 3.8) is 0 Å². The number of hydrogen-bond donors (Lipinski definition) is 2. The number of carbonyl (C=O) groups excluding carboxylic acids is 1. The van der Waals surface area contributed by atoms with Gasteiger partial charge in [0, 0.05) is 5.41 Å². The fourth-order valence-corrected chi connectivity index (χ4v) is 7.83. The molecule has 4 saturated carbocycles. The van der Waals surface area contributed by atoms with Crippen molar-refractivity contribution in [3.8, 4) is 0 Å². The van der Waals surface area contributed by atoms with Crippen LogP contribution in [0.1, 0.15) is 78.6 Å². The Labute approximate surface area is 146 Å². The number of carbonyl (C=O) groups is 1. The highest BCUT2D eigenvalue weighted by Crippen LogP contribution is 2.68. The van der Waals surface area contributed by atoms with E-state index >= 15 is 0 Å². The smallest absolute Gasteiger partial charge is 0.161 e. The van der Waals surface area contributed by atoms with Crippen molar-refractivity contribution < 1.29 is 15.0 Å². The summed E-state index contributed by atoms with van der Waals surface area (Å²) in [6.45, 7) is 6.26. The molecule has 0 amide bonds. The molecule has 3 unspecified atom stereocenters. The highest BCUT2D eigenvalue weighted by Gasteiger charge is 2.65. The number of hydrogen-bond acceptors (Lipinski definition) is 3. The van der Waals surface area contributed by atoms with Gasteiger partial charge >= 0.3 is 0 Å². The first kappa shape index (κ1) is 17.0. The molecular weight excluding hydrogens is 300 g/mol. The second-order valence-corrected chi connectivity index (χ2v) is 10.00. The lowest BCUT2D eigenvalue weighted by atomic mass is 9.44.